The Bertz CT molecular complexity index is 760. The SMILES string of the molecule is O=C(Cc1nc2ccccc2s1)Cc1c(Cl)cccc1Cl. The summed E-state index contributed by atoms with van der Waals surface area (Å²) in [6.45, 7) is 0. The van der Waals surface area contributed by atoms with E-state index in [9.17, 15) is 4.79 Å². The van der Waals surface area contributed by atoms with Crippen molar-refractivity contribution in [1.82, 2.24) is 4.98 Å². The van der Waals surface area contributed by atoms with Crippen LogP contribution in [0.3, 0.4) is 0 Å². The number of nitrogens with zero attached hydrogens (tertiary/aromatic N) is 1. The Balaban J connectivity index is 1.77. The molecule has 0 aliphatic rings. The van der Waals surface area contributed by atoms with Gasteiger partial charge in [0, 0.05) is 16.5 Å². The van der Waals surface area contributed by atoms with Crippen molar-refractivity contribution in [3.63, 3.8) is 0 Å². The first-order chi connectivity index (χ1) is 10.1. The minimum absolute atomic E-state index is 0.0593. The summed E-state index contributed by atoms with van der Waals surface area (Å²) in [6, 6.07) is 13.1. The van der Waals surface area contributed by atoms with Gasteiger partial charge >= 0.3 is 0 Å². The summed E-state index contributed by atoms with van der Waals surface area (Å²) < 4.78 is 1.09. The number of ketones is 1. The normalized spacial score (nSPS) is 11.0. The van der Waals surface area contributed by atoms with Gasteiger partial charge in [-0.15, -0.1) is 11.3 Å². The highest BCUT2D eigenvalue weighted by molar-refractivity contribution is 7.18. The highest BCUT2D eigenvalue weighted by Gasteiger charge is 2.13. The Kier molecular flexibility index (Phi) is 4.24. The number of carbonyl (C=O) groups is 1. The van der Waals surface area contributed by atoms with Crippen LogP contribution in [-0.4, -0.2) is 10.8 Å². The van der Waals surface area contributed by atoms with E-state index in [1.165, 1.54) is 0 Å². The van der Waals surface area contributed by atoms with Gasteiger partial charge in [0.15, 0.2) is 0 Å². The molecular formula is C16H11Cl2NOS. The van der Waals surface area contributed by atoms with Gasteiger partial charge in [0.25, 0.3) is 0 Å². The van der Waals surface area contributed by atoms with E-state index in [4.69, 9.17) is 23.2 Å². The van der Waals surface area contributed by atoms with Gasteiger partial charge in [0.2, 0.25) is 0 Å². The number of halogens is 2. The predicted molar refractivity (Wildman–Crippen MR) is 88.5 cm³/mol. The van der Waals surface area contributed by atoms with Crippen LogP contribution in [0.5, 0.6) is 0 Å². The van der Waals surface area contributed by atoms with Crippen molar-refractivity contribution in [3.05, 3.63) is 63.1 Å². The molecule has 0 bridgehead atoms. The first-order valence-electron chi connectivity index (χ1n) is 6.42. The maximum atomic E-state index is 12.2. The van der Waals surface area contributed by atoms with E-state index >= 15 is 0 Å². The molecule has 3 aromatic rings. The van der Waals surface area contributed by atoms with Gasteiger partial charge in [0.05, 0.1) is 16.6 Å². The molecule has 0 spiro atoms. The third-order valence-corrected chi connectivity index (χ3v) is 4.87. The number of fused-ring (bicyclic) bond motifs is 1. The molecule has 0 saturated heterocycles. The van der Waals surface area contributed by atoms with Crippen LogP contribution in [-0.2, 0) is 17.6 Å². The highest BCUT2D eigenvalue weighted by Crippen LogP contribution is 2.26. The van der Waals surface area contributed by atoms with E-state index in [0.717, 1.165) is 15.2 Å². The molecule has 0 aliphatic heterocycles. The number of Topliss-reactive ketones (excluding diaryl/α,β-unsaturated/α-hetero) is 1. The lowest BCUT2D eigenvalue weighted by molar-refractivity contribution is -0.117. The van der Waals surface area contributed by atoms with Crippen LogP contribution in [0.4, 0.5) is 0 Å². The molecule has 0 amide bonds. The zero-order chi connectivity index (χ0) is 14.8. The molecule has 0 N–H and O–H groups in total. The van der Waals surface area contributed by atoms with Gasteiger partial charge < -0.3 is 0 Å². The van der Waals surface area contributed by atoms with Gasteiger partial charge in [-0.2, -0.15) is 0 Å². The van der Waals surface area contributed by atoms with Crippen molar-refractivity contribution in [1.29, 1.82) is 0 Å². The molecule has 0 atom stereocenters. The van der Waals surface area contributed by atoms with E-state index in [-0.39, 0.29) is 12.2 Å². The van der Waals surface area contributed by atoms with Crippen LogP contribution >= 0.6 is 34.5 Å². The summed E-state index contributed by atoms with van der Waals surface area (Å²) >= 11 is 13.7. The molecule has 3 rings (SSSR count). The number of para-hydroxylation sites is 1. The third kappa shape index (κ3) is 3.26. The topological polar surface area (TPSA) is 30.0 Å². The third-order valence-electron chi connectivity index (χ3n) is 3.12. The first kappa shape index (κ1) is 14.5. The number of hydrogen-bond acceptors (Lipinski definition) is 3. The van der Waals surface area contributed by atoms with Crippen molar-refractivity contribution in [2.24, 2.45) is 0 Å². The number of benzene rings is 2. The number of thiazole rings is 1. The minimum atomic E-state index is 0.0593. The smallest absolute Gasteiger partial charge is 0.144 e. The minimum Gasteiger partial charge on any atom is -0.299 e. The molecule has 0 radical (unpaired) electrons. The second-order valence-corrected chi connectivity index (χ2v) is 6.60. The van der Waals surface area contributed by atoms with Crippen molar-refractivity contribution in [2.45, 2.75) is 12.8 Å². The number of hydrogen-bond donors (Lipinski definition) is 0. The lowest BCUT2D eigenvalue weighted by Gasteiger charge is -2.05. The second kappa shape index (κ2) is 6.14. The van der Waals surface area contributed by atoms with E-state index in [2.05, 4.69) is 4.98 Å². The molecule has 0 unspecified atom stereocenters. The van der Waals surface area contributed by atoms with E-state index in [0.29, 0.717) is 22.0 Å². The average molecular weight is 336 g/mol. The van der Waals surface area contributed by atoms with Gasteiger partial charge in [-0.1, -0.05) is 41.4 Å². The van der Waals surface area contributed by atoms with Gasteiger partial charge in [-0.05, 0) is 29.8 Å². The van der Waals surface area contributed by atoms with Gasteiger partial charge in [-0.25, -0.2) is 4.98 Å². The molecule has 2 aromatic carbocycles. The predicted octanol–water partition coefficient (Wildman–Crippen LogP) is 4.96. The quantitative estimate of drug-likeness (QED) is 0.674. The summed E-state index contributed by atoms with van der Waals surface area (Å²) in [5.41, 5.74) is 1.62. The zero-order valence-electron chi connectivity index (χ0n) is 11.0. The van der Waals surface area contributed by atoms with Crippen molar-refractivity contribution in [2.75, 3.05) is 0 Å². The fourth-order valence-electron chi connectivity index (χ4n) is 2.13. The van der Waals surface area contributed by atoms with Gasteiger partial charge in [-0.3, -0.25) is 4.79 Å². The van der Waals surface area contributed by atoms with Crippen molar-refractivity contribution >= 4 is 50.5 Å². The second-order valence-electron chi connectivity index (χ2n) is 4.67. The van der Waals surface area contributed by atoms with Crippen LogP contribution in [0.15, 0.2) is 42.5 Å². The number of carbonyl (C=O) groups excluding carboxylic acids is 1. The molecule has 1 heterocycles. The summed E-state index contributed by atoms with van der Waals surface area (Å²) in [4.78, 5) is 16.7. The summed E-state index contributed by atoms with van der Waals surface area (Å²) in [5.74, 6) is 0.0593. The maximum absolute atomic E-state index is 12.2. The van der Waals surface area contributed by atoms with Crippen LogP contribution in [0.2, 0.25) is 10.0 Å². The molecule has 1 aromatic heterocycles. The van der Waals surface area contributed by atoms with E-state index in [1.54, 1.807) is 29.5 Å². The van der Waals surface area contributed by atoms with Crippen molar-refractivity contribution in [3.8, 4) is 0 Å². The maximum Gasteiger partial charge on any atom is 0.144 e. The number of aromatic nitrogens is 1. The van der Waals surface area contributed by atoms with E-state index < -0.39 is 0 Å². The summed E-state index contributed by atoms with van der Waals surface area (Å²) in [6.07, 6.45) is 0.537. The standard InChI is InChI=1S/C16H11Cl2NOS/c17-12-4-3-5-13(18)11(12)8-10(20)9-16-19-14-6-1-2-7-15(14)21-16/h1-7H,8-9H2. The molecule has 106 valence electrons. The first-order valence-corrected chi connectivity index (χ1v) is 8.00. The summed E-state index contributed by atoms with van der Waals surface area (Å²) in [7, 11) is 0. The molecule has 0 fully saturated rings. The van der Waals surface area contributed by atoms with E-state index in [1.807, 2.05) is 24.3 Å². The Morgan fingerprint density at radius 2 is 1.71 bits per heavy atom. The molecule has 0 aliphatic carbocycles. The van der Waals surface area contributed by atoms with Crippen LogP contribution in [0.1, 0.15) is 10.6 Å². The number of rotatable bonds is 4. The lowest BCUT2D eigenvalue weighted by atomic mass is 10.1. The molecule has 0 saturated carbocycles. The molecule has 2 nitrogen and oxygen atoms in total. The Morgan fingerprint density at radius 1 is 1.00 bits per heavy atom. The molecular weight excluding hydrogens is 325 g/mol. The molecule has 5 heteroatoms. The zero-order valence-corrected chi connectivity index (χ0v) is 13.3. The average Bonchev–Trinajstić information content (AvgIpc) is 2.85. The molecule has 21 heavy (non-hydrogen) atoms. The Morgan fingerprint density at radius 3 is 2.43 bits per heavy atom. The highest BCUT2D eigenvalue weighted by atomic mass is 35.5. The monoisotopic (exact) mass is 335 g/mol. The Hall–Kier alpha value is -1.42. The Labute approximate surface area is 136 Å². The van der Waals surface area contributed by atoms with Crippen LogP contribution in [0.25, 0.3) is 10.2 Å². The fraction of sp³-hybridized carbons (Fsp3) is 0.125. The van der Waals surface area contributed by atoms with Gasteiger partial charge in [0.1, 0.15) is 10.8 Å². The lowest BCUT2D eigenvalue weighted by Crippen LogP contribution is -2.07. The fourth-order valence-corrected chi connectivity index (χ4v) is 3.65. The summed E-state index contributed by atoms with van der Waals surface area (Å²) in [5, 5.41) is 1.88. The van der Waals surface area contributed by atoms with Crippen molar-refractivity contribution < 1.29 is 4.79 Å². The largest absolute Gasteiger partial charge is 0.299 e. The van der Waals surface area contributed by atoms with Crippen LogP contribution in [0, 0.1) is 0 Å². The van der Waals surface area contributed by atoms with Crippen LogP contribution < -0.4 is 0 Å².